The molecule has 0 amide bonds. The van der Waals surface area contributed by atoms with Gasteiger partial charge in [-0.15, -0.1) is 0 Å². The van der Waals surface area contributed by atoms with E-state index in [2.05, 4.69) is 83.3 Å². The van der Waals surface area contributed by atoms with Gasteiger partial charge in [0.05, 0.1) is 0 Å². The Morgan fingerprint density at radius 3 is 1.14 bits per heavy atom. The van der Waals surface area contributed by atoms with Crippen molar-refractivity contribution >= 4 is 45.5 Å². The van der Waals surface area contributed by atoms with E-state index in [1.165, 1.54) is 15.9 Å². The third kappa shape index (κ3) is 2.64. The molecular formula is C20H15PS. The smallest absolute Gasteiger partial charge is 0.0265 e. The number of hydrogen-bond donors (Lipinski definition) is 0. The van der Waals surface area contributed by atoms with Crippen LogP contribution in [0.15, 0.2) is 91.0 Å². The van der Waals surface area contributed by atoms with Gasteiger partial charge in [-0.05, 0) is 28.1 Å². The van der Waals surface area contributed by atoms with E-state index in [-0.39, 0.29) is 0 Å². The van der Waals surface area contributed by atoms with Crippen LogP contribution in [0.3, 0.4) is 0 Å². The average molecular weight is 318 g/mol. The van der Waals surface area contributed by atoms with Crippen LogP contribution in [0.2, 0.25) is 0 Å². The van der Waals surface area contributed by atoms with Gasteiger partial charge in [-0.25, -0.2) is 0 Å². The van der Waals surface area contributed by atoms with Gasteiger partial charge in [-0.1, -0.05) is 96.4 Å². The molecule has 0 radical (unpaired) electrons. The summed E-state index contributed by atoms with van der Waals surface area (Å²) in [4.78, 5) is 0. The second-order valence-electron chi connectivity index (χ2n) is 4.89. The van der Waals surface area contributed by atoms with Gasteiger partial charge >= 0.3 is 0 Å². The van der Waals surface area contributed by atoms with Crippen molar-refractivity contribution in [3.05, 3.63) is 91.0 Å². The lowest BCUT2D eigenvalue weighted by Gasteiger charge is -2.25. The number of hydrogen-bond acceptors (Lipinski definition) is 1. The summed E-state index contributed by atoms with van der Waals surface area (Å²) in [6, 6.07) is 31.5. The molecule has 0 fully saturated rings. The number of rotatable bonds is 3. The molecule has 0 aromatic heterocycles. The van der Waals surface area contributed by atoms with Crippen LogP contribution in [-0.4, -0.2) is 10.5 Å². The van der Waals surface area contributed by atoms with Crippen LogP contribution in [0.5, 0.6) is 0 Å². The van der Waals surface area contributed by atoms with E-state index in [0.717, 1.165) is 0 Å². The average Bonchev–Trinajstić information content (AvgIpc) is 2.62. The second-order valence-corrected chi connectivity index (χ2v) is 8.21. The van der Waals surface area contributed by atoms with Crippen molar-refractivity contribution in [2.45, 2.75) is 0 Å². The number of thiocarbonyl (C=S) groups is 1. The molecule has 3 aromatic carbocycles. The van der Waals surface area contributed by atoms with Crippen molar-refractivity contribution in [2.75, 3.05) is 0 Å². The molecule has 0 aliphatic rings. The molecule has 0 N–H and O–H groups in total. The maximum Gasteiger partial charge on any atom is 0.0265 e. The monoisotopic (exact) mass is 318 g/mol. The van der Waals surface area contributed by atoms with Gasteiger partial charge < -0.3 is 0 Å². The van der Waals surface area contributed by atoms with Crippen molar-refractivity contribution in [3.63, 3.8) is 0 Å². The molecule has 0 atom stereocenters. The lowest BCUT2D eigenvalue weighted by atomic mass is 10.4. The Morgan fingerprint density at radius 1 is 0.545 bits per heavy atom. The summed E-state index contributed by atoms with van der Waals surface area (Å²) in [7, 11) is 0. The zero-order chi connectivity index (χ0) is 15.3. The minimum absolute atomic E-state index is 1.24. The second kappa shape index (κ2) is 6.75. The Morgan fingerprint density at radius 2 is 0.864 bits per heavy atom. The van der Waals surface area contributed by atoms with Crippen LogP contribution < -0.4 is 15.9 Å². The highest BCUT2D eigenvalue weighted by molar-refractivity contribution is 7.95. The minimum atomic E-state index is -2.02. The molecule has 0 bridgehead atoms. The molecule has 106 valence electrons. The highest BCUT2D eigenvalue weighted by Crippen LogP contribution is 2.42. The first kappa shape index (κ1) is 14.8. The summed E-state index contributed by atoms with van der Waals surface area (Å²) in [5, 5.41) is 6.51. The van der Waals surface area contributed by atoms with Crippen LogP contribution in [-0.2, 0) is 0 Å². The Balaban J connectivity index is 2.47. The lowest BCUT2D eigenvalue weighted by molar-refractivity contribution is 1.73. The molecule has 0 unspecified atom stereocenters. The first-order valence-corrected chi connectivity index (χ1v) is 9.28. The summed E-state index contributed by atoms with van der Waals surface area (Å²) < 4.78 is 0. The van der Waals surface area contributed by atoms with E-state index < -0.39 is 6.89 Å². The quantitative estimate of drug-likeness (QED) is 0.526. The molecule has 22 heavy (non-hydrogen) atoms. The topological polar surface area (TPSA) is 0 Å². The maximum absolute atomic E-state index is 5.07. The van der Waals surface area contributed by atoms with Gasteiger partial charge in [0.2, 0.25) is 0 Å². The van der Waals surface area contributed by atoms with Crippen LogP contribution in [0.4, 0.5) is 0 Å². The third-order valence-electron chi connectivity index (χ3n) is 3.64. The molecule has 0 saturated heterocycles. The van der Waals surface area contributed by atoms with Crippen molar-refractivity contribution in [1.29, 1.82) is 0 Å². The fourth-order valence-electron chi connectivity index (χ4n) is 2.66. The molecule has 0 aliphatic heterocycles. The molecule has 0 aliphatic carbocycles. The summed E-state index contributed by atoms with van der Waals surface area (Å²) in [6.45, 7) is -2.02. The summed E-state index contributed by atoms with van der Waals surface area (Å²) in [5.41, 5.74) is 3.42. The largest absolute Gasteiger partial charge is 0.0622 e. The predicted octanol–water partition coefficient (Wildman–Crippen LogP) is 3.54. The van der Waals surface area contributed by atoms with E-state index in [4.69, 9.17) is 12.2 Å². The highest BCUT2D eigenvalue weighted by Gasteiger charge is 2.24. The van der Waals surface area contributed by atoms with E-state index in [9.17, 15) is 0 Å². The molecule has 2 heteroatoms. The Labute approximate surface area is 136 Å². The van der Waals surface area contributed by atoms with Crippen LogP contribution in [0.1, 0.15) is 0 Å². The molecule has 3 aromatic rings. The van der Waals surface area contributed by atoms with E-state index >= 15 is 0 Å². The van der Waals surface area contributed by atoms with Crippen LogP contribution >= 0.6 is 19.1 Å². The third-order valence-corrected chi connectivity index (χ3v) is 7.56. The standard InChI is InChI=1S/C20H15PS/c22-17-16-21(18-10-4-1-5-11-18,19-12-6-2-7-13-19)20-14-8-3-9-15-20/h1-15H. The van der Waals surface area contributed by atoms with Crippen molar-refractivity contribution in [2.24, 2.45) is 0 Å². The predicted molar refractivity (Wildman–Crippen MR) is 103 cm³/mol. The maximum atomic E-state index is 5.07. The van der Waals surface area contributed by atoms with Crippen molar-refractivity contribution < 1.29 is 0 Å². The zero-order valence-electron chi connectivity index (χ0n) is 12.0. The first-order chi connectivity index (χ1) is 10.9. The molecule has 0 heterocycles. The van der Waals surface area contributed by atoms with Crippen molar-refractivity contribution in [1.82, 2.24) is 0 Å². The van der Waals surface area contributed by atoms with Gasteiger partial charge in [0.1, 0.15) is 0 Å². The molecule has 0 saturated carbocycles. The Kier molecular flexibility index (Phi) is 4.54. The summed E-state index contributed by atoms with van der Waals surface area (Å²) in [5.74, 6) is 0. The molecule has 3 rings (SSSR count). The van der Waals surface area contributed by atoms with Gasteiger partial charge in [0.25, 0.3) is 0 Å². The van der Waals surface area contributed by atoms with Crippen LogP contribution in [0, 0.1) is 0 Å². The van der Waals surface area contributed by atoms with Gasteiger partial charge in [0.15, 0.2) is 0 Å². The SMILES string of the molecule is S=C=C=P(c1ccccc1)(c1ccccc1)c1ccccc1. The normalized spacial score (nSPS) is 10.5. The van der Waals surface area contributed by atoms with Gasteiger partial charge in [-0.2, -0.15) is 0 Å². The summed E-state index contributed by atoms with van der Waals surface area (Å²) in [6.07, 6.45) is 0. The molecule has 0 spiro atoms. The zero-order valence-corrected chi connectivity index (χ0v) is 13.7. The van der Waals surface area contributed by atoms with Gasteiger partial charge in [0, 0.05) is 11.9 Å². The lowest BCUT2D eigenvalue weighted by Crippen LogP contribution is -2.25. The number of benzene rings is 3. The van der Waals surface area contributed by atoms with E-state index in [0.29, 0.717) is 0 Å². The fraction of sp³-hybridized carbons (Fsp3) is 0. The molecule has 0 nitrogen and oxygen atoms in total. The van der Waals surface area contributed by atoms with E-state index in [1.807, 2.05) is 18.2 Å². The Hall–Kier alpha value is -2.13. The minimum Gasteiger partial charge on any atom is -0.0622 e. The summed E-state index contributed by atoms with van der Waals surface area (Å²) >= 11 is 5.07. The fourth-order valence-corrected chi connectivity index (χ4v) is 6.35. The Bertz CT molecular complexity index is 754. The van der Waals surface area contributed by atoms with Crippen LogP contribution in [0.25, 0.3) is 0 Å². The van der Waals surface area contributed by atoms with Crippen molar-refractivity contribution in [3.8, 4) is 0 Å². The first-order valence-electron chi connectivity index (χ1n) is 7.08. The van der Waals surface area contributed by atoms with E-state index in [1.54, 1.807) is 0 Å². The highest BCUT2D eigenvalue weighted by atomic mass is 32.1. The van der Waals surface area contributed by atoms with Gasteiger partial charge in [-0.3, -0.25) is 0 Å². The molecular weight excluding hydrogens is 303 g/mol.